The molecule has 0 radical (unpaired) electrons. The summed E-state index contributed by atoms with van der Waals surface area (Å²) in [6.07, 6.45) is 7.18. The molecule has 1 aliphatic heterocycles. The lowest BCUT2D eigenvalue weighted by Crippen LogP contribution is -2.38. The molecule has 1 aromatic rings. The normalized spacial score (nSPS) is 23.2. The van der Waals surface area contributed by atoms with Crippen molar-refractivity contribution in [3.63, 3.8) is 0 Å². The van der Waals surface area contributed by atoms with Crippen LogP contribution in [0.25, 0.3) is 0 Å². The van der Waals surface area contributed by atoms with E-state index in [4.69, 9.17) is 11.6 Å². The molecule has 19 heavy (non-hydrogen) atoms. The molecule has 1 saturated heterocycles. The second kappa shape index (κ2) is 6.21. The summed E-state index contributed by atoms with van der Waals surface area (Å²) in [6, 6.07) is 4.73. The zero-order chi connectivity index (χ0) is 13.1. The van der Waals surface area contributed by atoms with Crippen LogP contribution in [-0.4, -0.2) is 35.6 Å². The molecule has 2 aliphatic rings. The maximum Gasteiger partial charge on any atom is 0.133 e. The molecule has 0 aromatic carbocycles. The van der Waals surface area contributed by atoms with Gasteiger partial charge >= 0.3 is 0 Å². The summed E-state index contributed by atoms with van der Waals surface area (Å²) < 4.78 is 0. The minimum absolute atomic E-state index is 0.655. The number of hydrogen-bond donors (Lipinski definition) is 1. The molecule has 1 N–H and O–H groups in total. The van der Waals surface area contributed by atoms with Crippen LogP contribution < -0.4 is 5.32 Å². The third-order valence-corrected chi connectivity index (χ3v) is 4.42. The number of rotatable bonds is 6. The van der Waals surface area contributed by atoms with Crippen molar-refractivity contribution in [1.29, 1.82) is 0 Å². The highest BCUT2D eigenvalue weighted by molar-refractivity contribution is 6.30. The SMILES string of the molecule is Clc1ncccc1CN(CC1CC1)CC1CCCN1. The van der Waals surface area contributed by atoms with Crippen molar-refractivity contribution in [3.05, 3.63) is 29.0 Å². The van der Waals surface area contributed by atoms with Gasteiger partial charge in [0.15, 0.2) is 0 Å². The summed E-state index contributed by atoms with van der Waals surface area (Å²) in [5.74, 6) is 0.914. The Bertz CT molecular complexity index is 414. The Kier molecular flexibility index (Phi) is 4.36. The van der Waals surface area contributed by atoms with E-state index in [2.05, 4.69) is 21.3 Å². The van der Waals surface area contributed by atoms with Crippen molar-refractivity contribution in [2.24, 2.45) is 5.92 Å². The highest BCUT2D eigenvalue weighted by Gasteiger charge is 2.26. The smallest absolute Gasteiger partial charge is 0.133 e. The third-order valence-electron chi connectivity index (χ3n) is 4.08. The molecule has 2 fully saturated rings. The summed E-state index contributed by atoms with van der Waals surface area (Å²) in [4.78, 5) is 6.74. The topological polar surface area (TPSA) is 28.2 Å². The first-order chi connectivity index (χ1) is 9.31. The minimum Gasteiger partial charge on any atom is -0.313 e. The standard InChI is InChI=1S/C15H22ClN3/c16-15-13(3-1-8-18-15)10-19(9-12-5-6-12)11-14-4-2-7-17-14/h1,3,8,12,14,17H,2,4-7,9-11H2. The third kappa shape index (κ3) is 3.91. The van der Waals surface area contributed by atoms with Crippen LogP contribution in [0.1, 0.15) is 31.2 Å². The maximum atomic E-state index is 6.18. The van der Waals surface area contributed by atoms with E-state index in [9.17, 15) is 0 Å². The first-order valence-corrected chi connectivity index (χ1v) is 7.74. The van der Waals surface area contributed by atoms with E-state index < -0.39 is 0 Å². The molecule has 1 aliphatic carbocycles. The predicted octanol–water partition coefficient (Wildman–Crippen LogP) is 2.70. The summed E-state index contributed by atoms with van der Waals surface area (Å²) in [5.41, 5.74) is 1.16. The fourth-order valence-electron chi connectivity index (χ4n) is 2.87. The first kappa shape index (κ1) is 13.3. The second-order valence-electron chi connectivity index (χ2n) is 5.88. The Morgan fingerprint density at radius 2 is 2.21 bits per heavy atom. The van der Waals surface area contributed by atoms with Crippen LogP contribution in [0.15, 0.2) is 18.3 Å². The number of halogens is 1. The van der Waals surface area contributed by atoms with Crippen molar-refractivity contribution < 1.29 is 0 Å². The fourth-order valence-corrected chi connectivity index (χ4v) is 3.05. The largest absolute Gasteiger partial charge is 0.313 e. The number of hydrogen-bond acceptors (Lipinski definition) is 3. The minimum atomic E-state index is 0.655. The highest BCUT2D eigenvalue weighted by Crippen LogP contribution is 2.30. The van der Waals surface area contributed by atoms with Gasteiger partial charge in [-0.1, -0.05) is 17.7 Å². The number of nitrogens with zero attached hydrogens (tertiary/aromatic N) is 2. The first-order valence-electron chi connectivity index (χ1n) is 7.36. The summed E-state index contributed by atoms with van der Waals surface area (Å²) >= 11 is 6.18. The molecule has 1 unspecified atom stereocenters. The van der Waals surface area contributed by atoms with Crippen molar-refractivity contribution in [1.82, 2.24) is 15.2 Å². The van der Waals surface area contributed by atoms with E-state index >= 15 is 0 Å². The van der Waals surface area contributed by atoms with Gasteiger partial charge in [-0.25, -0.2) is 4.98 Å². The van der Waals surface area contributed by atoms with Gasteiger partial charge in [0.2, 0.25) is 0 Å². The van der Waals surface area contributed by atoms with Gasteiger partial charge in [0.1, 0.15) is 5.15 Å². The summed E-state index contributed by atoms with van der Waals surface area (Å²) in [7, 11) is 0. The number of aromatic nitrogens is 1. The van der Waals surface area contributed by atoms with E-state index in [1.54, 1.807) is 6.20 Å². The average molecular weight is 280 g/mol. The van der Waals surface area contributed by atoms with Gasteiger partial charge < -0.3 is 5.32 Å². The van der Waals surface area contributed by atoms with E-state index in [0.717, 1.165) is 24.6 Å². The predicted molar refractivity (Wildman–Crippen MR) is 78.3 cm³/mol. The van der Waals surface area contributed by atoms with Gasteiger partial charge in [-0.2, -0.15) is 0 Å². The zero-order valence-corrected chi connectivity index (χ0v) is 12.1. The Balaban J connectivity index is 1.62. The van der Waals surface area contributed by atoms with Gasteiger partial charge in [0, 0.05) is 37.4 Å². The molecule has 0 amide bonds. The van der Waals surface area contributed by atoms with E-state index in [0.29, 0.717) is 11.2 Å². The molecular formula is C15H22ClN3. The maximum absolute atomic E-state index is 6.18. The van der Waals surface area contributed by atoms with Gasteiger partial charge in [0.25, 0.3) is 0 Å². The molecule has 0 bridgehead atoms. The molecule has 104 valence electrons. The Labute approximate surface area is 120 Å². The summed E-state index contributed by atoms with van der Waals surface area (Å²) in [6.45, 7) is 4.46. The van der Waals surface area contributed by atoms with E-state index in [1.807, 2.05) is 6.07 Å². The van der Waals surface area contributed by atoms with Crippen LogP contribution in [0.2, 0.25) is 5.15 Å². The van der Waals surface area contributed by atoms with Crippen LogP contribution in [0.4, 0.5) is 0 Å². The lowest BCUT2D eigenvalue weighted by Gasteiger charge is -2.26. The van der Waals surface area contributed by atoms with Crippen LogP contribution in [-0.2, 0) is 6.54 Å². The fraction of sp³-hybridized carbons (Fsp3) is 0.667. The number of nitrogens with one attached hydrogen (secondary N) is 1. The lowest BCUT2D eigenvalue weighted by atomic mass is 10.2. The molecule has 4 heteroatoms. The molecular weight excluding hydrogens is 258 g/mol. The quantitative estimate of drug-likeness (QED) is 0.812. The number of pyridine rings is 1. The molecule has 3 nitrogen and oxygen atoms in total. The van der Waals surface area contributed by atoms with Gasteiger partial charge in [-0.3, -0.25) is 4.90 Å². The molecule has 0 spiro atoms. The van der Waals surface area contributed by atoms with Crippen LogP contribution in [0.5, 0.6) is 0 Å². The second-order valence-corrected chi connectivity index (χ2v) is 6.24. The van der Waals surface area contributed by atoms with Crippen molar-refractivity contribution in [3.8, 4) is 0 Å². The monoisotopic (exact) mass is 279 g/mol. The van der Waals surface area contributed by atoms with E-state index in [1.165, 1.54) is 38.8 Å². The average Bonchev–Trinajstić information content (AvgIpc) is 3.06. The van der Waals surface area contributed by atoms with Crippen molar-refractivity contribution >= 4 is 11.6 Å². The van der Waals surface area contributed by atoms with Gasteiger partial charge in [-0.05, 0) is 44.2 Å². The Morgan fingerprint density at radius 3 is 2.89 bits per heavy atom. The Hall–Kier alpha value is -0.640. The van der Waals surface area contributed by atoms with Crippen LogP contribution >= 0.6 is 11.6 Å². The molecule has 3 rings (SSSR count). The van der Waals surface area contributed by atoms with Crippen LogP contribution in [0, 0.1) is 5.92 Å². The van der Waals surface area contributed by atoms with Crippen molar-refractivity contribution in [2.45, 2.75) is 38.3 Å². The van der Waals surface area contributed by atoms with Crippen molar-refractivity contribution in [2.75, 3.05) is 19.6 Å². The van der Waals surface area contributed by atoms with Gasteiger partial charge in [-0.15, -0.1) is 0 Å². The van der Waals surface area contributed by atoms with E-state index in [-0.39, 0.29) is 0 Å². The lowest BCUT2D eigenvalue weighted by molar-refractivity contribution is 0.231. The highest BCUT2D eigenvalue weighted by atomic mass is 35.5. The van der Waals surface area contributed by atoms with Crippen LogP contribution in [0.3, 0.4) is 0 Å². The summed E-state index contributed by atoms with van der Waals surface area (Å²) in [5, 5.41) is 4.25. The molecule has 2 heterocycles. The molecule has 1 aromatic heterocycles. The zero-order valence-electron chi connectivity index (χ0n) is 11.3. The Morgan fingerprint density at radius 1 is 1.32 bits per heavy atom. The van der Waals surface area contributed by atoms with Gasteiger partial charge in [0.05, 0.1) is 0 Å². The molecule has 1 atom stereocenters. The molecule has 1 saturated carbocycles.